The number of nitrogens with zero attached hydrogens (tertiary/aromatic N) is 3. The van der Waals surface area contributed by atoms with Crippen LogP contribution in [0.1, 0.15) is 30.7 Å². The summed E-state index contributed by atoms with van der Waals surface area (Å²) in [6.45, 7) is 1.27. The number of aromatic nitrogens is 2. The first-order valence-corrected chi connectivity index (χ1v) is 8.41. The summed E-state index contributed by atoms with van der Waals surface area (Å²) in [6, 6.07) is -0.950. The third-order valence-electron chi connectivity index (χ3n) is 5.31. The molecule has 0 bridgehead atoms. The van der Waals surface area contributed by atoms with Gasteiger partial charge in [-0.3, -0.25) is 19.6 Å². The smallest absolute Gasteiger partial charge is 0.322 e. The lowest BCUT2D eigenvalue weighted by Crippen LogP contribution is -2.48. The number of nitrogens with one attached hydrogen (secondary N) is 2. The molecule has 8 nitrogen and oxygen atoms in total. The fraction of sp³-hybridized carbons (Fsp3) is 0.625. The van der Waals surface area contributed by atoms with Gasteiger partial charge >= 0.3 is 6.03 Å². The summed E-state index contributed by atoms with van der Waals surface area (Å²) in [5, 5.41) is 9.11. The molecule has 1 saturated carbocycles. The zero-order valence-electron chi connectivity index (χ0n) is 13.6. The maximum absolute atomic E-state index is 12.8. The molecular weight excluding hydrogens is 310 g/mol. The van der Waals surface area contributed by atoms with Gasteiger partial charge < -0.3 is 10.2 Å². The van der Waals surface area contributed by atoms with Crippen molar-refractivity contribution in [3.8, 4) is 0 Å². The second kappa shape index (κ2) is 5.61. The van der Waals surface area contributed by atoms with Crippen LogP contribution in [0.5, 0.6) is 0 Å². The molecule has 2 aliphatic heterocycles. The number of likely N-dealkylation sites (tertiary alicyclic amines) is 1. The Hall–Kier alpha value is -2.38. The highest BCUT2D eigenvalue weighted by Gasteiger charge is 2.48. The number of hydrogen-bond acceptors (Lipinski definition) is 4. The van der Waals surface area contributed by atoms with E-state index in [1.54, 1.807) is 4.68 Å². The molecule has 1 aromatic rings. The van der Waals surface area contributed by atoms with Crippen molar-refractivity contribution in [2.24, 2.45) is 18.9 Å². The summed E-state index contributed by atoms with van der Waals surface area (Å²) in [6.07, 6.45) is 6.37. The Labute approximate surface area is 139 Å². The van der Waals surface area contributed by atoms with Gasteiger partial charge in [-0.1, -0.05) is 0 Å². The molecule has 3 heterocycles. The second-order valence-corrected chi connectivity index (χ2v) is 7.02. The number of carbonyl (C=O) groups excluding carboxylic acids is 3. The zero-order chi connectivity index (χ0) is 16.8. The standard InChI is InChI=1S/C16H21N5O3/c1-20-7-10(6-17-20)11-5-12(11)15(23)21-4-2-3-9(8-21)13-14(22)19-16(24)18-13/h6-7,9,11-13H,2-5,8H2,1H3,(H2,18,19,22,24)/t9-,11-,12-,13-/m0/s1. The topological polar surface area (TPSA) is 96.3 Å². The molecule has 4 rings (SSSR count). The molecule has 2 N–H and O–H groups in total. The molecule has 8 heteroatoms. The van der Waals surface area contributed by atoms with Gasteiger partial charge in [0.05, 0.1) is 6.20 Å². The van der Waals surface area contributed by atoms with E-state index in [-0.39, 0.29) is 29.6 Å². The van der Waals surface area contributed by atoms with Gasteiger partial charge in [-0.25, -0.2) is 4.79 Å². The number of urea groups is 1. The maximum atomic E-state index is 12.8. The van der Waals surface area contributed by atoms with Gasteiger partial charge in [0, 0.05) is 38.2 Å². The number of carbonyl (C=O) groups is 3. The second-order valence-electron chi connectivity index (χ2n) is 7.02. The molecule has 4 amide bonds. The van der Waals surface area contributed by atoms with E-state index in [1.165, 1.54) is 0 Å². The number of aryl methyl sites for hydroxylation is 1. The predicted molar refractivity (Wildman–Crippen MR) is 83.8 cm³/mol. The van der Waals surface area contributed by atoms with Gasteiger partial charge in [-0.2, -0.15) is 5.10 Å². The van der Waals surface area contributed by atoms with E-state index in [4.69, 9.17) is 0 Å². The molecular formula is C16H21N5O3. The molecule has 0 unspecified atom stereocenters. The average molecular weight is 331 g/mol. The first-order chi connectivity index (χ1) is 11.5. The molecule has 0 radical (unpaired) electrons. The predicted octanol–water partition coefficient (Wildman–Crippen LogP) is -0.0298. The van der Waals surface area contributed by atoms with Crippen LogP contribution in [0.3, 0.4) is 0 Å². The van der Waals surface area contributed by atoms with Crippen molar-refractivity contribution in [1.82, 2.24) is 25.3 Å². The third kappa shape index (κ3) is 2.65. The van der Waals surface area contributed by atoms with Crippen LogP contribution in [0.25, 0.3) is 0 Å². The van der Waals surface area contributed by atoms with Crippen LogP contribution >= 0.6 is 0 Å². The summed E-state index contributed by atoms with van der Waals surface area (Å²) in [5.74, 6) is 0.169. The van der Waals surface area contributed by atoms with Gasteiger partial charge in [0.2, 0.25) is 5.91 Å². The Morgan fingerprint density at radius 2 is 2.21 bits per heavy atom. The molecule has 4 atom stereocenters. The van der Waals surface area contributed by atoms with E-state index in [2.05, 4.69) is 15.7 Å². The van der Waals surface area contributed by atoms with Gasteiger partial charge in [0.15, 0.2) is 0 Å². The van der Waals surface area contributed by atoms with Crippen LogP contribution in [0.4, 0.5) is 4.79 Å². The fourth-order valence-electron chi connectivity index (χ4n) is 3.95. The van der Waals surface area contributed by atoms with Crippen molar-refractivity contribution in [3.05, 3.63) is 18.0 Å². The van der Waals surface area contributed by atoms with Gasteiger partial charge in [0.25, 0.3) is 5.91 Å². The van der Waals surface area contributed by atoms with Crippen LogP contribution in [-0.2, 0) is 16.6 Å². The lowest BCUT2D eigenvalue weighted by molar-refractivity contribution is -0.135. The van der Waals surface area contributed by atoms with Crippen LogP contribution in [0.15, 0.2) is 12.4 Å². The summed E-state index contributed by atoms with van der Waals surface area (Å²) in [7, 11) is 1.87. The quantitative estimate of drug-likeness (QED) is 0.760. The summed E-state index contributed by atoms with van der Waals surface area (Å²) >= 11 is 0. The van der Waals surface area contributed by atoms with Crippen LogP contribution in [0, 0.1) is 11.8 Å². The lowest BCUT2D eigenvalue weighted by Gasteiger charge is -2.34. The minimum Gasteiger partial charge on any atom is -0.342 e. The van der Waals surface area contributed by atoms with Gasteiger partial charge in [0.1, 0.15) is 6.04 Å². The number of hydrogen-bond donors (Lipinski definition) is 2. The highest BCUT2D eigenvalue weighted by Crippen LogP contribution is 2.48. The normalized spacial score (nSPS) is 32.5. The Balaban J connectivity index is 1.39. The van der Waals surface area contributed by atoms with E-state index in [0.29, 0.717) is 6.54 Å². The van der Waals surface area contributed by atoms with E-state index >= 15 is 0 Å². The first-order valence-electron chi connectivity index (χ1n) is 8.41. The Kier molecular flexibility index (Phi) is 3.54. The van der Waals surface area contributed by atoms with Crippen molar-refractivity contribution < 1.29 is 14.4 Å². The van der Waals surface area contributed by atoms with Crippen LogP contribution in [0.2, 0.25) is 0 Å². The van der Waals surface area contributed by atoms with Crippen LogP contribution < -0.4 is 10.6 Å². The molecule has 0 spiro atoms. The highest BCUT2D eigenvalue weighted by atomic mass is 16.2. The third-order valence-corrected chi connectivity index (χ3v) is 5.31. The summed E-state index contributed by atoms with van der Waals surface area (Å²) < 4.78 is 1.76. The van der Waals surface area contributed by atoms with E-state index in [1.807, 2.05) is 24.3 Å². The molecule has 3 fully saturated rings. The zero-order valence-corrected chi connectivity index (χ0v) is 13.6. The van der Waals surface area contributed by atoms with Crippen molar-refractivity contribution in [2.75, 3.05) is 13.1 Å². The Bertz CT molecular complexity index is 700. The molecule has 1 aliphatic carbocycles. The summed E-state index contributed by atoms with van der Waals surface area (Å²) in [4.78, 5) is 37.8. The Morgan fingerprint density at radius 3 is 2.88 bits per heavy atom. The largest absolute Gasteiger partial charge is 0.342 e. The van der Waals surface area contributed by atoms with Crippen molar-refractivity contribution in [1.29, 1.82) is 0 Å². The molecule has 128 valence electrons. The van der Waals surface area contributed by atoms with E-state index in [9.17, 15) is 14.4 Å². The number of imide groups is 1. The molecule has 24 heavy (non-hydrogen) atoms. The lowest BCUT2D eigenvalue weighted by atomic mass is 9.90. The van der Waals surface area contributed by atoms with Crippen LogP contribution in [-0.4, -0.2) is 51.7 Å². The SMILES string of the molecule is Cn1cc([C@@H]2C[C@@H]2C(=O)N2CCC[C@H]([C@@H]3NC(=O)NC3=O)C2)cn1. The Morgan fingerprint density at radius 1 is 1.38 bits per heavy atom. The highest BCUT2D eigenvalue weighted by molar-refractivity contribution is 6.04. The monoisotopic (exact) mass is 331 g/mol. The maximum Gasteiger partial charge on any atom is 0.322 e. The average Bonchev–Trinajstić information content (AvgIpc) is 3.13. The van der Waals surface area contributed by atoms with Crippen molar-refractivity contribution in [2.45, 2.75) is 31.2 Å². The van der Waals surface area contributed by atoms with E-state index < -0.39 is 12.1 Å². The fourth-order valence-corrected chi connectivity index (χ4v) is 3.95. The van der Waals surface area contributed by atoms with Gasteiger partial charge in [-0.15, -0.1) is 0 Å². The molecule has 2 saturated heterocycles. The number of piperidine rings is 1. The molecule has 0 aromatic carbocycles. The summed E-state index contributed by atoms with van der Waals surface area (Å²) in [5.41, 5.74) is 1.12. The van der Waals surface area contributed by atoms with Crippen molar-refractivity contribution >= 4 is 17.8 Å². The number of amides is 4. The minimum atomic E-state index is -0.513. The van der Waals surface area contributed by atoms with E-state index in [0.717, 1.165) is 31.4 Å². The van der Waals surface area contributed by atoms with Gasteiger partial charge in [-0.05, 0) is 30.7 Å². The molecule has 1 aromatic heterocycles. The first kappa shape index (κ1) is 15.2. The van der Waals surface area contributed by atoms with Crippen molar-refractivity contribution in [3.63, 3.8) is 0 Å². The molecule has 3 aliphatic rings. The number of rotatable bonds is 3. The minimum absolute atomic E-state index is 0.00950.